The zero-order valence-corrected chi connectivity index (χ0v) is 37.1. The summed E-state index contributed by atoms with van der Waals surface area (Å²) in [5.41, 5.74) is 11.5. The van der Waals surface area contributed by atoms with Crippen LogP contribution in [-0.4, -0.2) is 110 Å². The SMILES string of the molecule is CC(=O)OCC1OC(OC2CCC3C4CCC5=CC(=NNC(N)=NCCN6CCCC6)CCC5(C)C4CCC23C)C(OC(C)=O)C(OC(C)=O)C1OC(C)=O.Cl.Cl.Cl. The van der Waals surface area contributed by atoms with E-state index in [1.165, 1.54) is 46.1 Å². The molecule has 3 saturated carbocycles. The van der Waals surface area contributed by atoms with Gasteiger partial charge in [0.05, 0.1) is 18.4 Å². The van der Waals surface area contributed by atoms with E-state index in [-0.39, 0.29) is 60.8 Å². The number of hydrogen-bond donors (Lipinski definition) is 2. The van der Waals surface area contributed by atoms with Crippen LogP contribution in [0.4, 0.5) is 0 Å². The summed E-state index contributed by atoms with van der Waals surface area (Å²) in [5.74, 6) is -0.735. The number of halogens is 3. The van der Waals surface area contributed by atoms with E-state index in [1.807, 2.05) is 0 Å². The molecule has 4 aliphatic carbocycles. The Morgan fingerprint density at radius 3 is 2.16 bits per heavy atom. The summed E-state index contributed by atoms with van der Waals surface area (Å²) < 4.78 is 35.4. The Balaban J connectivity index is 0.00000300. The number of guanidine groups is 1. The van der Waals surface area contributed by atoms with Gasteiger partial charge in [-0.1, -0.05) is 19.4 Å². The zero-order chi connectivity index (χ0) is 39.5. The molecule has 11 unspecified atom stereocenters. The summed E-state index contributed by atoms with van der Waals surface area (Å²) >= 11 is 0. The van der Waals surface area contributed by atoms with Gasteiger partial charge in [0, 0.05) is 34.2 Å². The molecule has 6 rings (SSSR count). The molecular formula is C40H64Cl3N5O10. The third-order valence-electron chi connectivity index (χ3n) is 13.3. The van der Waals surface area contributed by atoms with Crippen molar-refractivity contribution in [1.29, 1.82) is 0 Å². The van der Waals surface area contributed by atoms with E-state index in [0.29, 0.717) is 30.3 Å². The molecule has 0 aromatic rings. The third-order valence-corrected chi connectivity index (χ3v) is 13.3. The molecule has 15 nitrogen and oxygen atoms in total. The molecular weight excluding hydrogens is 817 g/mol. The van der Waals surface area contributed by atoms with Gasteiger partial charge in [-0.15, -0.1) is 37.2 Å². The number of fused-ring (bicyclic) bond motifs is 5. The van der Waals surface area contributed by atoms with Crippen molar-refractivity contribution >= 4 is 72.8 Å². The quantitative estimate of drug-likeness (QED) is 0.0925. The minimum atomic E-state index is -1.26. The monoisotopic (exact) mass is 879 g/mol. The van der Waals surface area contributed by atoms with Crippen molar-refractivity contribution in [3.63, 3.8) is 0 Å². The molecule has 0 aromatic carbocycles. The van der Waals surface area contributed by atoms with E-state index in [2.05, 4.69) is 40.3 Å². The van der Waals surface area contributed by atoms with Crippen molar-refractivity contribution < 1.29 is 47.6 Å². The van der Waals surface area contributed by atoms with E-state index < -0.39 is 54.6 Å². The minimum Gasteiger partial charge on any atom is -0.463 e. The molecule has 0 aromatic heterocycles. The minimum absolute atomic E-state index is 0. The molecule has 2 saturated heterocycles. The number of nitrogens with zero attached hydrogens (tertiary/aromatic N) is 3. The Kier molecular flexibility index (Phi) is 18.2. The highest BCUT2D eigenvalue weighted by atomic mass is 35.5. The number of nitrogens with two attached hydrogens (primary N) is 1. The summed E-state index contributed by atoms with van der Waals surface area (Å²) in [6, 6.07) is 0. The molecule has 0 radical (unpaired) electrons. The average Bonchev–Trinajstić information content (AvgIpc) is 3.76. The molecule has 0 amide bonds. The number of likely N-dealkylation sites (tertiary alicyclic amines) is 1. The maximum absolute atomic E-state index is 12.4. The van der Waals surface area contributed by atoms with E-state index >= 15 is 0 Å². The maximum Gasteiger partial charge on any atom is 0.303 e. The molecule has 11 atom stereocenters. The standard InChI is InChI=1S/C40H61N5O10.3ClH/c1-23(46)50-22-32-34(51-24(2)47)35(52-25(3)48)36(53-26(4)49)37(54-32)55-33-12-11-30-29-10-9-27-21-28(13-15-39(27,5)31(29)14-16-40(30,33)6)43-44-38(41)42-17-20-45-18-7-8-19-45;;;/h21,29-37H,7-20,22H2,1-6H3,(H3,41,42,44);3*1H. The number of allylic oxidation sites excluding steroid dienone is 2. The fourth-order valence-electron chi connectivity index (χ4n) is 10.8. The first-order chi connectivity index (χ1) is 26.2. The van der Waals surface area contributed by atoms with Crippen LogP contribution in [0.5, 0.6) is 0 Å². The van der Waals surface area contributed by atoms with Crippen LogP contribution in [0.25, 0.3) is 0 Å². The maximum atomic E-state index is 12.4. The lowest BCUT2D eigenvalue weighted by Gasteiger charge is -2.58. The van der Waals surface area contributed by atoms with Crippen molar-refractivity contribution in [3.05, 3.63) is 11.6 Å². The summed E-state index contributed by atoms with van der Waals surface area (Å²) in [6.45, 7) is 13.2. The highest BCUT2D eigenvalue weighted by molar-refractivity contribution is 5.97. The predicted octanol–water partition coefficient (Wildman–Crippen LogP) is 5.04. The third kappa shape index (κ3) is 11.2. The summed E-state index contributed by atoms with van der Waals surface area (Å²) in [6.07, 6.45) is 6.38. The van der Waals surface area contributed by atoms with Crippen LogP contribution in [0.15, 0.2) is 21.7 Å². The Morgan fingerprint density at radius 2 is 1.50 bits per heavy atom. The highest BCUT2D eigenvalue weighted by Gasteiger charge is 2.61. The number of ether oxygens (including phenoxy) is 6. The number of aliphatic imine (C=N–C) groups is 1. The molecule has 2 heterocycles. The second-order valence-electron chi connectivity index (χ2n) is 16.8. The van der Waals surface area contributed by atoms with Crippen LogP contribution in [0.3, 0.4) is 0 Å². The van der Waals surface area contributed by atoms with Crippen molar-refractivity contribution in [3.8, 4) is 0 Å². The number of rotatable bonds is 11. The zero-order valence-electron chi connectivity index (χ0n) is 34.6. The van der Waals surface area contributed by atoms with E-state index in [9.17, 15) is 19.2 Å². The number of nitrogens with one attached hydrogen (secondary N) is 1. The number of carbonyl (C=O) groups is 4. The molecule has 18 heteroatoms. The van der Waals surface area contributed by atoms with Crippen LogP contribution in [0.2, 0.25) is 0 Å². The van der Waals surface area contributed by atoms with Gasteiger partial charge in [-0.3, -0.25) is 24.2 Å². The van der Waals surface area contributed by atoms with Gasteiger partial charge in [-0.25, -0.2) is 5.43 Å². The van der Waals surface area contributed by atoms with Crippen molar-refractivity contribution in [2.24, 2.45) is 44.4 Å². The highest BCUT2D eigenvalue weighted by Crippen LogP contribution is 2.66. The van der Waals surface area contributed by atoms with Crippen LogP contribution < -0.4 is 11.2 Å². The van der Waals surface area contributed by atoms with Crippen LogP contribution >= 0.6 is 37.2 Å². The van der Waals surface area contributed by atoms with Gasteiger partial charge < -0.3 is 39.1 Å². The molecule has 3 N–H and O–H groups in total. The molecule has 58 heavy (non-hydrogen) atoms. The van der Waals surface area contributed by atoms with E-state index in [4.69, 9.17) is 34.2 Å². The van der Waals surface area contributed by atoms with Crippen molar-refractivity contribution in [2.45, 2.75) is 143 Å². The van der Waals surface area contributed by atoms with Gasteiger partial charge in [-0.05, 0) is 112 Å². The predicted molar refractivity (Wildman–Crippen MR) is 223 cm³/mol. The Bertz CT molecular complexity index is 1560. The first-order valence-corrected chi connectivity index (χ1v) is 20.2. The molecule has 6 aliphatic rings. The number of esters is 4. The Morgan fingerprint density at radius 1 is 0.845 bits per heavy atom. The molecule has 0 spiro atoms. The lowest BCUT2D eigenvalue weighted by molar-refractivity contribution is -0.324. The Labute approximate surface area is 360 Å². The van der Waals surface area contributed by atoms with Crippen LogP contribution in [-0.2, 0) is 47.6 Å². The topological polar surface area (TPSA) is 190 Å². The second kappa shape index (κ2) is 21.2. The normalized spacial score (nSPS) is 36.2. The molecule has 5 fully saturated rings. The largest absolute Gasteiger partial charge is 0.463 e. The van der Waals surface area contributed by atoms with Gasteiger partial charge in [0.25, 0.3) is 0 Å². The van der Waals surface area contributed by atoms with Crippen molar-refractivity contribution in [2.75, 3.05) is 32.8 Å². The second-order valence-corrected chi connectivity index (χ2v) is 16.8. The van der Waals surface area contributed by atoms with Gasteiger partial charge >= 0.3 is 23.9 Å². The van der Waals surface area contributed by atoms with E-state index in [1.54, 1.807) is 0 Å². The molecule has 0 bridgehead atoms. The number of carbonyl (C=O) groups excluding carboxylic acids is 4. The van der Waals surface area contributed by atoms with Crippen molar-refractivity contribution in [1.82, 2.24) is 10.3 Å². The summed E-state index contributed by atoms with van der Waals surface area (Å²) in [4.78, 5) is 55.7. The first-order valence-electron chi connectivity index (χ1n) is 20.2. The molecule has 330 valence electrons. The fraction of sp³-hybridized carbons (Fsp3) is 0.800. The molecule has 2 aliphatic heterocycles. The van der Waals surface area contributed by atoms with Gasteiger partial charge in [0.15, 0.2) is 24.6 Å². The fourth-order valence-corrected chi connectivity index (χ4v) is 10.8. The van der Waals surface area contributed by atoms with Gasteiger partial charge in [-0.2, -0.15) is 5.10 Å². The summed E-state index contributed by atoms with van der Waals surface area (Å²) in [5, 5.41) is 4.66. The lowest BCUT2D eigenvalue weighted by Crippen LogP contribution is -2.63. The first kappa shape index (κ1) is 49.7. The van der Waals surface area contributed by atoms with Crippen LogP contribution in [0, 0.1) is 28.6 Å². The average molecular weight is 881 g/mol. The number of hydrazone groups is 1. The van der Waals surface area contributed by atoms with Gasteiger partial charge in [0.1, 0.15) is 12.7 Å². The van der Waals surface area contributed by atoms with Crippen LogP contribution in [0.1, 0.15) is 106 Å². The van der Waals surface area contributed by atoms with E-state index in [0.717, 1.165) is 76.7 Å². The smallest absolute Gasteiger partial charge is 0.303 e. The number of hydrogen-bond acceptors (Lipinski definition) is 13. The lowest BCUT2D eigenvalue weighted by atomic mass is 9.47. The Hall–Kier alpha value is -2.69. The summed E-state index contributed by atoms with van der Waals surface area (Å²) in [7, 11) is 0. The van der Waals surface area contributed by atoms with Gasteiger partial charge in [0.2, 0.25) is 5.96 Å².